The molecule has 33 heavy (non-hydrogen) atoms. The maximum absolute atomic E-state index is 12.5. The second-order valence-corrected chi connectivity index (χ2v) is 10.1. The number of amides is 2. The number of imide groups is 1. The van der Waals surface area contributed by atoms with Gasteiger partial charge in [-0.25, -0.2) is 13.2 Å². The number of fused-ring (bicyclic) bond motifs is 1. The van der Waals surface area contributed by atoms with Crippen molar-refractivity contribution >= 4 is 44.8 Å². The molecular weight excluding hydrogens is 464 g/mol. The third-order valence-electron chi connectivity index (χ3n) is 5.04. The van der Waals surface area contributed by atoms with Crippen molar-refractivity contribution in [3.05, 3.63) is 82.7 Å². The molecule has 170 valence electrons. The molecule has 1 aromatic heterocycles. The Morgan fingerprint density at radius 2 is 1.58 bits per heavy atom. The van der Waals surface area contributed by atoms with Crippen LogP contribution in [0.15, 0.2) is 70.3 Å². The van der Waals surface area contributed by atoms with Gasteiger partial charge in [-0.2, -0.15) is 0 Å². The summed E-state index contributed by atoms with van der Waals surface area (Å²) in [5.41, 5.74) is 1.02. The van der Waals surface area contributed by atoms with Gasteiger partial charge in [-0.05, 0) is 48.6 Å². The van der Waals surface area contributed by atoms with Crippen molar-refractivity contribution in [2.45, 2.75) is 17.1 Å². The normalized spacial score (nSPS) is 13.2. The topological polar surface area (TPSA) is 110 Å². The van der Waals surface area contributed by atoms with Gasteiger partial charge in [-0.15, -0.1) is 11.3 Å². The molecule has 1 aliphatic rings. The molecule has 4 rings (SSSR count). The highest BCUT2D eigenvalue weighted by atomic mass is 32.2. The van der Waals surface area contributed by atoms with Gasteiger partial charge in [0.05, 0.1) is 29.0 Å². The van der Waals surface area contributed by atoms with Crippen LogP contribution in [0.5, 0.6) is 0 Å². The molecule has 2 aromatic carbocycles. The van der Waals surface area contributed by atoms with Crippen LogP contribution in [0.3, 0.4) is 0 Å². The Hall–Kier alpha value is -3.50. The highest BCUT2D eigenvalue weighted by Crippen LogP contribution is 2.24. The van der Waals surface area contributed by atoms with Crippen molar-refractivity contribution < 1.29 is 27.5 Å². The number of anilines is 1. The molecule has 0 atom stereocenters. The molecule has 2 heterocycles. The molecule has 0 aliphatic carbocycles. The number of rotatable bonds is 9. The summed E-state index contributed by atoms with van der Waals surface area (Å²) in [6, 6.07) is 16.0. The number of sulfonamides is 1. The summed E-state index contributed by atoms with van der Waals surface area (Å²) in [5, 5.41) is 1.65. The Morgan fingerprint density at radius 1 is 0.909 bits per heavy atom. The summed E-state index contributed by atoms with van der Waals surface area (Å²) in [6.45, 7) is 0.287. The molecule has 8 nitrogen and oxygen atoms in total. The molecular formula is C23H20N2O6S2. The van der Waals surface area contributed by atoms with Gasteiger partial charge in [0.15, 0.2) is 0 Å². The zero-order valence-corrected chi connectivity index (χ0v) is 19.0. The maximum atomic E-state index is 12.5. The minimum Gasteiger partial charge on any atom is -0.462 e. The smallest absolute Gasteiger partial charge is 0.340 e. The predicted octanol–water partition coefficient (Wildman–Crippen LogP) is 3.78. The van der Waals surface area contributed by atoms with Crippen LogP contribution in [-0.4, -0.2) is 44.3 Å². The number of carbonyl (C=O) groups excluding carboxylic acids is 3. The van der Waals surface area contributed by atoms with Crippen LogP contribution >= 0.6 is 11.3 Å². The van der Waals surface area contributed by atoms with E-state index in [1.165, 1.54) is 23.1 Å². The molecule has 3 aromatic rings. The lowest BCUT2D eigenvalue weighted by Crippen LogP contribution is -2.30. The summed E-state index contributed by atoms with van der Waals surface area (Å²) in [4.78, 5) is 38.5. The number of carbonyl (C=O) groups is 3. The van der Waals surface area contributed by atoms with Gasteiger partial charge >= 0.3 is 5.97 Å². The second-order valence-electron chi connectivity index (χ2n) is 7.23. The van der Waals surface area contributed by atoms with E-state index >= 15 is 0 Å². The fraction of sp³-hybridized carbons (Fsp3) is 0.174. The number of benzene rings is 2. The van der Waals surface area contributed by atoms with E-state index in [-0.39, 0.29) is 40.4 Å². The fourth-order valence-electron chi connectivity index (χ4n) is 3.42. The number of esters is 1. The molecule has 0 spiro atoms. The van der Waals surface area contributed by atoms with Crippen molar-refractivity contribution in [2.24, 2.45) is 0 Å². The molecule has 10 heteroatoms. The zero-order valence-electron chi connectivity index (χ0n) is 17.4. The first kappa shape index (κ1) is 22.7. The summed E-state index contributed by atoms with van der Waals surface area (Å²) < 4.78 is 32.8. The second kappa shape index (κ2) is 9.55. The first-order valence-electron chi connectivity index (χ1n) is 10.2. The molecule has 1 N–H and O–H groups in total. The van der Waals surface area contributed by atoms with Gasteiger partial charge in [-0.3, -0.25) is 19.2 Å². The van der Waals surface area contributed by atoms with Crippen LogP contribution in [0.4, 0.5) is 5.69 Å². The lowest BCUT2D eigenvalue weighted by atomic mass is 10.1. The monoisotopic (exact) mass is 484 g/mol. The first-order valence-corrected chi connectivity index (χ1v) is 12.5. The minimum atomic E-state index is -3.81. The number of thiophene rings is 1. The van der Waals surface area contributed by atoms with Crippen molar-refractivity contribution in [1.29, 1.82) is 0 Å². The van der Waals surface area contributed by atoms with Crippen molar-refractivity contribution in [3.8, 4) is 0 Å². The number of hydrogen-bond donors (Lipinski definition) is 1. The van der Waals surface area contributed by atoms with Crippen LogP contribution in [0, 0.1) is 0 Å². The number of unbranched alkanes of at least 4 members (excludes halogenated alkanes) is 1. The number of para-hydroxylation sites is 1. The average molecular weight is 485 g/mol. The summed E-state index contributed by atoms with van der Waals surface area (Å²) >= 11 is 1.07. The van der Waals surface area contributed by atoms with Crippen LogP contribution in [0.25, 0.3) is 0 Å². The van der Waals surface area contributed by atoms with E-state index in [1.54, 1.807) is 47.8 Å². The van der Waals surface area contributed by atoms with Gasteiger partial charge in [0.25, 0.3) is 21.8 Å². The summed E-state index contributed by atoms with van der Waals surface area (Å²) in [7, 11) is -3.81. The lowest BCUT2D eigenvalue weighted by Gasteiger charge is -2.14. The molecule has 1 aliphatic heterocycles. The Kier molecular flexibility index (Phi) is 6.57. The third kappa shape index (κ3) is 4.81. The SMILES string of the molecule is O=C(OCCCCN1C(=O)c2ccccc2C1=O)c1ccccc1NS(=O)(=O)c1cccs1. The molecule has 0 fully saturated rings. The first-order chi connectivity index (χ1) is 15.9. The fourth-order valence-corrected chi connectivity index (χ4v) is 5.49. The molecule has 2 amide bonds. The van der Waals surface area contributed by atoms with E-state index in [0.717, 1.165) is 11.3 Å². The molecule has 0 saturated carbocycles. The molecule has 0 unspecified atom stereocenters. The lowest BCUT2D eigenvalue weighted by molar-refractivity contribution is 0.0486. The standard InChI is InChI=1S/C23H20N2O6S2/c26-21-16-8-1-2-9-17(16)22(27)25(21)13-5-6-14-31-23(28)18-10-3-4-11-19(18)24-33(29,30)20-12-7-15-32-20/h1-4,7-12,15,24H,5-6,13-14H2. The minimum absolute atomic E-state index is 0.0635. The quantitative estimate of drug-likeness (QED) is 0.281. The number of ether oxygens (including phenoxy) is 1. The molecule has 0 radical (unpaired) electrons. The average Bonchev–Trinajstić information content (AvgIpc) is 3.43. The molecule has 0 saturated heterocycles. The van der Waals surface area contributed by atoms with E-state index in [2.05, 4.69) is 4.72 Å². The number of nitrogens with one attached hydrogen (secondary N) is 1. The number of nitrogens with zero attached hydrogens (tertiary/aromatic N) is 1. The summed E-state index contributed by atoms with van der Waals surface area (Å²) in [6.07, 6.45) is 0.896. The van der Waals surface area contributed by atoms with Crippen molar-refractivity contribution in [3.63, 3.8) is 0 Å². The number of hydrogen-bond acceptors (Lipinski definition) is 7. The molecule has 0 bridgehead atoms. The van der Waals surface area contributed by atoms with Gasteiger partial charge in [0.2, 0.25) is 0 Å². The largest absolute Gasteiger partial charge is 0.462 e. The van der Waals surface area contributed by atoms with Crippen molar-refractivity contribution in [2.75, 3.05) is 17.9 Å². The Morgan fingerprint density at radius 3 is 2.24 bits per heavy atom. The highest BCUT2D eigenvalue weighted by Gasteiger charge is 2.34. The van der Waals surface area contributed by atoms with E-state index in [1.807, 2.05) is 0 Å². The zero-order chi connectivity index (χ0) is 23.4. The Labute approximate surface area is 194 Å². The van der Waals surface area contributed by atoms with E-state index in [9.17, 15) is 22.8 Å². The third-order valence-corrected chi connectivity index (χ3v) is 7.80. The predicted molar refractivity (Wildman–Crippen MR) is 123 cm³/mol. The van der Waals surface area contributed by atoms with E-state index in [0.29, 0.717) is 24.0 Å². The highest BCUT2D eigenvalue weighted by molar-refractivity contribution is 7.94. The Bertz CT molecular complexity index is 1270. The van der Waals surface area contributed by atoms with Gasteiger partial charge in [0.1, 0.15) is 4.21 Å². The van der Waals surface area contributed by atoms with E-state index < -0.39 is 16.0 Å². The van der Waals surface area contributed by atoms with Crippen molar-refractivity contribution in [1.82, 2.24) is 4.90 Å². The van der Waals surface area contributed by atoms with Crippen LogP contribution in [-0.2, 0) is 14.8 Å². The van der Waals surface area contributed by atoms with Crippen LogP contribution in [0.1, 0.15) is 43.9 Å². The Balaban J connectivity index is 1.30. The van der Waals surface area contributed by atoms with E-state index in [4.69, 9.17) is 4.74 Å². The summed E-state index contributed by atoms with van der Waals surface area (Å²) in [5.74, 6) is -1.31. The van der Waals surface area contributed by atoms with Gasteiger partial charge in [-0.1, -0.05) is 30.3 Å². The van der Waals surface area contributed by atoms with Gasteiger partial charge in [0, 0.05) is 6.54 Å². The maximum Gasteiger partial charge on any atom is 0.340 e. The van der Waals surface area contributed by atoms with Crippen LogP contribution in [0.2, 0.25) is 0 Å². The van der Waals surface area contributed by atoms with Crippen LogP contribution < -0.4 is 4.72 Å². The van der Waals surface area contributed by atoms with Gasteiger partial charge < -0.3 is 4.74 Å².